The quantitative estimate of drug-likeness (QED) is 0.0985. The molecule has 1 aliphatic rings. The predicted octanol–water partition coefficient (Wildman–Crippen LogP) is 7.33. The molecular weight excluding hydrogens is 688 g/mol. The fourth-order valence-corrected chi connectivity index (χ4v) is 7.16. The Morgan fingerprint density at radius 3 is 2.11 bits per heavy atom. The van der Waals surface area contributed by atoms with E-state index in [0.29, 0.717) is 43.2 Å². The lowest BCUT2D eigenvalue weighted by molar-refractivity contribution is -0.146. The normalized spacial score (nSPS) is 17.9. The fraction of sp³-hybridized carbons (Fsp3) is 0.581. The molecule has 1 heterocycles. The van der Waals surface area contributed by atoms with Crippen LogP contribution in [0.1, 0.15) is 134 Å². The van der Waals surface area contributed by atoms with Crippen molar-refractivity contribution in [3.05, 3.63) is 47.5 Å². The topological polar surface area (TPSA) is 167 Å². The maximum absolute atomic E-state index is 14.4. The third-order valence-corrected chi connectivity index (χ3v) is 10.4. The van der Waals surface area contributed by atoms with E-state index in [0.717, 1.165) is 44.9 Å². The molecule has 0 saturated heterocycles. The summed E-state index contributed by atoms with van der Waals surface area (Å²) in [5.41, 5.74) is 1.36. The molecule has 2 aromatic carbocycles. The minimum absolute atomic E-state index is 0.0196. The zero-order valence-electron chi connectivity index (χ0n) is 32.8. The number of likely N-dealkylation sites (N-methyl/N-ethyl adjacent to an activating group) is 1. The summed E-state index contributed by atoms with van der Waals surface area (Å²) in [5.74, 6) is -3.99. The molecule has 4 bridgehead atoms. The van der Waals surface area contributed by atoms with Crippen molar-refractivity contribution in [1.82, 2.24) is 10.2 Å². The number of nitrogens with one attached hydrogen (secondary N) is 1. The number of benzene rings is 2. The molecule has 0 unspecified atom stereocenters. The smallest absolute Gasteiger partial charge is 0.328 e. The molecule has 2 amide bonds. The van der Waals surface area contributed by atoms with Crippen LogP contribution in [0.25, 0.3) is 11.1 Å². The van der Waals surface area contributed by atoms with E-state index in [1.807, 2.05) is 6.92 Å². The Kier molecular flexibility index (Phi) is 17.9. The first-order valence-electron chi connectivity index (χ1n) is 19.7. The monoisotopic (exact) mass is 748 g/mol. The second kappa shape index (κ2) is 22.0. The minimum atomic E-state index is -1.20. The van der Waals surface area contributed by atoms with Gasteiger partial charge in [-0.05, 0) is 54.7 Å². The van der Waals surface area contributed by atoms with E-state index in [1.54, 1.807) is 25.1 Å². The number of ketones is 3. The van der Waals surface area contributed by atoms with Gasteiger partial charge in [0.05, 0.1) is 7.11 Å². The highest BCUT2D eigenvalue weighted by atomic mass is 16.5. The molecule has 54 heavy (non-hydrogen) atoms. The second-order valence-electron chi connectivity index (χ2n) is 14.8. The molecule has 11 nitrogen and oxygen atoms in total. The third-order valence-electron chi connectivity index (χ3n) is 10.4. The van der Waals surface area contributed by atoms with Gasteiger partial charge in [0.15, 0.2) is 5.78 Å². The lowest BCUT2D eigenvalue weighted by Gasteiger charge is -2.32. The molecule has 0 spiro atoms. The highest BCUT2D eigenvalue weighted by molar-refractivity contribution is 5.96. The standard InChI is InChI=1S/C43H60N2O9/c1-6-8-10-11-13-16-32(46)17-14-18-33(47)26-31(15-12-9-7-2)42(52)45(4)40-30-20-22-38(49)35(27-30)34-24-29(19-21-37(34)48)25-36(43(53)54-5)44-41(51)28(3)23-39(40)50/h19-22,24,27-28,31,36,40,48-49H,6-18,23,25-26H2,1-5H3,(H,44,51)/t28-,31-,36+,40+/m1/s1. The van der Waals surface area contributed by atoms with Gasteiger partial charge >= 0.3 is 5.97 Å². The Labute approximate surface area is 320 Å². The molecule has 0 aromatic heterocycles. The van der Waals surface area contributed by atoms with Gasteiger partial charge in [-0.1, -0.05) is 77.8 Å². The summed E-state index contributed by atoms with van der Waals surface area (Å²) in [7, 11) is 2.71. The van der Waals surface area contributed by atoms with Crippen molar-refractivity contribution in [3.63, 3.8) is 0 Å². The van der Waals surface area contributed by atoms with E-state index in [1.165, 1.54) is 37.3 Å². The lowest BCUT2D eigenvalue weighted by Crippen LogP contribution is -2.46. The Morgan fingerprint density at radius 1 is 0.815 bits per heavy atom. The molecule has 2 aromatic rings. The van der Waals surface area contributed by atoms with E-state index in [2.05, 4.69) is 12.2 Å². The summed E-state index contributed by atoms with van der Waals surface area (Å²) in [5, 5.41) is 24.6. The fourth-order valence-electron chi connectivity index (χ4n) is 7.16. The first-order valence-corrected chi connectivity index (χ1v) is 19.7. The Balaban J connectivity index is 1.93. The summed E-state index contributed by atoms with van der Waals surface area (Å²) >= 11 is 0. The lowest BCUT2D eigenvalue weighted by atomic mass is 9.88. The van der Waals surface area contributed by atoms with Crippen LogP contribution in [-0.2, 0) is 39.9 Å². The number of phenolic OH excluding ortho intramolecular Hbond substituents is 2. The molecule has 3 rings (SSSR count). The van der Waals surface area contributed by atoms with E-state index >= 15 is 0 Å². The van der Waals surface area contributed by atoms with Gasteiger partial charge in [0.1, 0.15) is 35.1 Å². The van der Waals surface area contributed by atoms with Crippen LogP contribution in [-0.4, -0.2) is 70.4 Å². The van der Waals surface area contributed by atoms with Gasteiger partial charge in [0.25, 0.3) is 0 Å². The number of esters is 1. The van der Waals surface area contributed by atoms with Crippen LogP contribution in [0, 0.1) is 11.8 Å². The number of aromatic hydroxyl groups is 2. The van der Waals surface area contributed by atoms with Crippen LogP contribution in [0.5, 0.6) is 11.5 Å². The molecule has 11 heteroatoms. The van der Waals surface area contributed by atoms with Gasteiger partial charge in [-0.3, -0.25) is 24.0 Å². The van der Waals surface area contributed by atoms with Crippen LogP contribution in [0.4, 0.5) is 0 Å². The molecule has 3 N–H and O–H groups in total. The van der Waals surface area contributed by atoms with E-state index in [4.69, 9.17) is 4.74 Å². The number of Topliss-reactive ketones (excluding diaryl/α,β-unsaturated/α-hetero) is 3. The van der Waals surface area contributed by atoms with Crippen molar-refractivity contribution in [2.75, 3.05) is 14.2 Å². The maximum atomic E-state index is 14.4. The van der Waals surface area contributed by atoms with Crippen molar-refractivity contribution < 1.29 is 43.7 Å². The van der Waals surface area contributed by atoms with Gasteiger partial charge < -0.3 is 25.2 Å². The van der Waals surface area contributed by atoms with Crippen LogP contribution >= 0.6 is 0 Å². The van der Waals surface area contributed by atoms with Crippen LogP contribution in [0.2, 0.25) is 0 Å². The van der Waals surface area contributed by atoms with Gasteiger partial charge in [-0.2, -0.15) is 0 Å². The number of methoxy groups -OCH3 is 1. The number of fused-ring (bicyclic) bond motifs is 5. The maximum Gasteiger partial charge on any atom is 0.328 e. The van der Waals surface area contributed by atoms with Gasteiger partial charge in [-0.15, -0.1) is 0 Å². The van der Waals surface area contributed by atoms with Crippen molar-refractivity contribution in [1.29, 1.82) is 0 Å². The number of hydrogen-bond donors (Lipinski definition) is 3. The number of phenols is 2. The summed E-state index contributed by atoms with van der Waals surface area (Å²) in [6.45, 7) is 5.76. The van der Waals surface area contributed by atoms with E-state index in [9.17, 15) is 39.0 Å². The summed E-state index contributed by atoms with van der Waals surface area (Å²) in [6, 6.07) is 6.80. The van der Waals surface area contributed by atoms with E-state index < -0.39 is 47.5 Å². The largest absolute Gasteiger partial charge is 0.507 e. The molecule has 0 aliphatic carbocycles. The second-order valence-corrected chi connectivity index (χ2v) is 14.8. The van der Waals surface area contributed by atoms with Crippen molar-refractivity contribution in [2.45, 2.75) is 136 Å². The summed E-state index contributed by atoms with van der Waals surface area (Å²) in [4.78, 5) is 81.7. The molecule has 1 aliphatic heterocycles. The predicted molar refractivity (Wildman–Crippen MR) is 207 cm³/mol. The average Bonchev–Trinajstić information content (AvgIpc) is 3.14. The number of ether oxygens (including phenoxy) is 1. The number of carbonyl (C=O) groups is 6. The van der Waals surface area contributed by atoms with Gasteiger partial charge in [-0.25, -0.2) is 4.79 Å². The number of unbranched alkanes of at least 4 members (excludes halogenated alkanes) is 6. The molecule has 0 radical (unpaired) electrons. The SMILES string of the molecule is CCCCCCCC(=O)CCCC(=O)C[C@@H](CCCCC)C(=O)N(C)[C@@H]1C(=O)C[C@@H](C)C(=O)N[C@H](C(=O)OC)Cc2ccc(O)c(c2)-c2cc1ccc2O. The molecule has 296 valence electrons. The molecule has 0 fully saturated rings. The van der Waals surface area contributed by atoms with Crippen LogP contribution < -0.4 is 5.32 Å². The van der Waals surface area contributed by atoms with Crippen LogP contribution in [0.3, 0.4) is 0 Å². The Bertz CT molecular complexity index is 1620. The number of hydrogen-bond acceptors (Lipinski definition) is 9. The zero-order valence-corrected chi connectivity index (χ0v) is 32.8. The van der Waals surface area contributed by atoms with Gasteiger partial charge in [0.2, 0.25) is 11.8 Å². The minimum Gasteiger partial charge on any atom is -0.507 e. The highest BCUT2D eigenvalue weighted by Gasteiger charge is 2.36. The van der Waals surface area contributed by atoms with Gasteiger partial charge in [0, 0.05) is 68.5 Å². The Morgan fingerprint density at radius 2 is 1.43 bits per heavy atom. The van der Waals surface area contributed by atoms with E-state index in [-0.39, 0.29) is 59.9 Å². The average molecular weight is 749 g/mol. The molecule has 4 atom stereocenters. The Hall–Kier alpha value is -4.54. The van der Waals surface area contributed by atoms with Crippen LogP contribution in [0.15, 0.2) is 36.4 Å². The summed E-state index contributed by atoms with van der Waals surface area (Å²) < 4.78 is 4.94. The van der Waals surface area contributed by atoms with Crippen molar-refractivity contribution in [3.8, 4) is 22.6 Å². The third kappa shape index (κ3) is 12.8. The number of nitrogens with zero attached hydrogens (tertiary/aromatic N) is 1. The van der Waals surface area contributed by atoms with Crippen molar-refractivity contribution >= 4 is 35.1 Å². The highest BCUT2D eigenvalue weighted by Crippen LogP contribution is 2.39. The molecular formula is C43H60N2O9. The molecule has 0 saturated carbocycles. The number of carbonyl (C=O) groups excluding carboxylic acids is 6. The number of rotatable bonds is 19. The first-order chi connectivity index (χ1) is 25.8. The zero-order chi connectivity index (χ0) is 39.8. The van der Waals surface area contributed by atoms with Crippen molar-refractivity contribution in [2.24, 2.45) is 11.8 Å². The summed E-state index contributed by atoms with van der Waals surface area (Å²) in [6.07, 6.45) is 9.43. The first kappa shape index (κ1) is 43.9. The number of amides is 2.